The van der Waals surface area contributed by atoms with E-state index in [2.05, 4.69) is 30.5 Å². The second-order valence-corrected chi connectivity index (χ2v) is 14.1. The number of hydrogen-bond acceptors (Lipinski definition) is 6. The number of rotatable bonds is 35. The number of esters is 2. The van der Waals surface area contributed by atoms with Crippen molar-refractivity contribution < 1.29 is 37.9 Å². The molecule has 0 rings (SSSR count). The van der Waals surface area contributed by atoms with Crippen molar-refractivity contribution >= 4 is 19.8 Å². The van der Waals surface area contributed by atoms with Crippen LogP contribution in [0.2, 0.25) is 0 Å². The number of phosphoric acid groups is 1. The fraction of sp³-hybridized carbons (Fsp3) is 0.892. The second kappa shape index (κ2) is 33.7. The van der Waals surface area contributed by atoms with E-state index < -0.39 is 32.5 Å². The summed E-state index contributed by atoms with van der Waals surface area (Å²) in [6.07, 6.45) is 35.0. The van der Waals surface area contributed by atoms with Gasteiger partial charge < -0.3 is 19.3 Å². The third-order valence-electron chi connectivity index (χ3n) is 8.28. The summed E-state index contributed by atoms with van der Waals surface area (Å²) < 4.78 is 26.3. The highest BCUT2D eigenvalue weighted by Gasteiger charge is 2.22. The van der Waals surface area contributed by atoms with Crippen LogP contribution in [0.25, 0.3) is 0 Å². The smallest absolute Gasteiger partial charge is 0.462 e. The molecule has 9 heteroatoms. The number of carbonyl (C=O) groups excluding carboxylic acids is 2. The van der Waals surface area contributed by atoms with Gasteiger partial charge in [0, 0.05) is 12.8 Å². The molecule has 0 aliphatic carbocycles. The van der Waals surface area contributed by atoms with Crippen LogP contribution in [0.15, 0.2) is 12.2 Å². The highest BCUT2D eigenvalue weighted by atomic mass is 31.2. The summed E-state index contributed by atoms with van der Waals surface area (Å²) in [5, 5.41) is 0. The molecular formula is C37H71O8P. The average Bonchev–Trinajstić information content (AvgIpc) is 3.02. The Bertz CT molecular complexity index is 766. The lowest BCUT2D eigenvalue weighted by atomic mass is 10.1. The van der Waals surface area contributed by atoms with Gasteiger partial charge in [-0.2, -0.15) is 0 Å². The Labute approximate surface area is 282 Å². The van der Waals surface area contributed by atoms with Gasteiger partial charge in [-0.25, -0.2) is 4.57 Å². The molecule has 0 saturated carbocycles. The Morgan fingerprint density at radius 2 is 0.913 bits per heavy atom. The van der Waals surface area contributed by atoms with Gasteiger partial charge >= 0.3 is 19.8 Å². The van der Waals surface area contributed by atoms with Gasteiger partial charge in [-0.1, -0.05) is 154 Å². The van der Waals surface area contributed by atoms with Crippen LogP contribution in [-0.4, -0.2) is 41.0 Å². The summed E-state index contributed by atoms with van der Waals surface area (Å²) in [5.74, 6) is -0.881. The predicted molar refractivity (Wildman–Crippen MR) is 189 cm³/mol. The molecule has 0 amide bonds. The Kier molecular flexibility index (Phi) is 32.8. The van der Waals surface area contributed by atoms with E-state index in [1.54, 1.807) is 0 Å². The van der Waals surface area contributed by atoms with Crippen LogP contribution in [0.5, 0.6) is 0 Å². The first kappa shape index (κ1) is 44.8. The molecule has 272 valence electrons. The molecule has 0 radical (unpaired) electrons. The van der Waals surface area contributed by atoms with Crippen LogP contribution in [0.4, 0.5) is 0 Å². The van der Waals surface area contributed by atoms with Gasteiger partial charge in [-0.05, 0) is 38.5 Å². The van der Waals surface area contributed by atoms with Crippen molar-refractivity contribution in [2.45, 2.75) is 200 Å². The number of unbranched alkanes of at least 4 members (excludes halogenated alkanes) is 23. The van der Waals surface area contributed by atoms with Gasteiger partial charge in [0.1, 0.15) is 6.61 Å². The summed E-state index contributed by atoms with van der Waals surface area (Å²) in [6.45, 7) is 3.66. The minimum Gasteiger partial charge on any atom is -0.462 e. The molecule has 0 aromatic rings. The average molecular weight is 675 g/mol. The van der Waals surface area contributed by atoms with Crippen molar-refractivity contribution in [3.05, 3.63) is 12.2 Å². The van der Waals surface area contributed by atoms with Crippen LogP contribution in [0.3, 0.4) is 0 Å². The Morgan fingerprint density at radius 1 is 0.543 bits per heavy atom. The van der Waals surface area contributed by atoms with Crippen molar-refractivity contribution in [3.8, 4) is 0 Å². The summed E-state index contributed by atoms with van der Waals surface area (Å²) in [5.41, 5.74) is 0. The first-order valence-corrected chi connectivity index (χ1v) is 20.5. The number of hydrogen-bond donors (Lipinski definition) is 2. The molecule has 0 aliphatic heterocycles. The molecule has 2 N–H and O–H groups in total. The molecule has 46 heavy (non-hydrogen) atoms. The molecular weight excluding hydrogens is 603 g/mol. The summed E-state index contributed by atoms with van der Waals surface area (Å²) in [4.78, 5) is 42.6. The van der Waals surface area contributed by atoms with E-state index in [0.29, 0.717) is 6.42 Å². The SMILES string of the molecule is CCCCCC/C=C/CCCCCCCCCCCC(=O)O[C@H](COC(=O)CCCCCCCCCCCCC)COP(=O)(O)O. The van der Waals surface area contributed by atoms with E-state index >= 15 is 0 Å². The van der Waals surface area contributed by atoms with Crippen molar-refractivity contribution in [2.75, 3.05) is 13.2 Å². The Morgan fingerprint density at radius 3 is 1.35 bits per heavy atom. The molecule has 0 heterocycles. The van der Waals surface area contributed by atoms with Crippen molar-refractivity contribution in [2.24, 2.45) is 0 Å². The maximum atomic E-state index is 12.4. The number of carbonyl (C=O) groups is 2. The van der Waals surface area contributed by atoms with Gasteiger partial charge in [0.15, 0.2) is 6.10 Å². The van der Waals surface area contributed by atoms with Gasteiger partial charge in [0.2, 0.25) is 0 Å². The van der Waals surface area contributed by atoms with E-state index in [0.717, 1.165) is 38.5 Å². The predicted octanol–water partition coefficient (Wildman–Crippen LogP) is 11.1. The lowest BCUT2D eigenvalue weighted by Gasteiger charge is -2.18. The summed E-state index contributed by atoms with van der Waals surface area (Å²) in [6, 6.07) is 0. The molecule has 8 nitrogen and oxygen atoms in total. The van der Waals surface area contributed by atoms with E-state index in [1.165, 1.54) is 122 Å². The van der Waals surface area contributed by atoms with Crippen molar-refractivity contribution in [1.29, 1.82) is 0 Å². The molecule has 0 fully saturated rings. The van der Waals surface area contributed by atoms with E-state index in [9.17, 15) is 14.2 Å². The van der Waals surface area contributed by atoms with Crippen molar-refractivity contribution in [3.63, 3.8) is 0 Å². The molecule has 1 atom stereocenters. The Balaban J connectivity index is 3.92. The van der Waals surface area contributed by atoms with E-state index in [4.69, 9.17) is 19.3 Å². The third-order valence-corrected chi connectivity index (χ3v) is 8.77. The summed E-state index contributed by atoms with van der Waals surface area (Å²) in [7, 11) is -4.74. The number of allylic oxidation sites excluding steroid dienone is 2. The van der Waals surface area contributed by atoms with Crippen LogP contribution < -0.4 is 0 Å². The van der Waals surface area contributed by atoms with Gasteiger partial charge in [-0.3, -0.25) is 14.1 Å². The van der Waals surface area contributed by atoms with Crippen LogP contribution >= 0.6 is 7.82 Å². The zero-order chi connectivity index (χ0) is 34.0. The topological polar surface area (TPSA) is 119 Å². The molecule has 0 bridgehead atoms. The minimum atomic E-state index is -4.74. The molecule has 0 spiro atoms. The number of ether oxygens (including phenoxy) is 2. The highest BCUT2D eigenvalue weighted by molar-refractivity contribution is 7.46. The molecule has 0 aromatic heterocycles. The standard InChI is InChI=1S/C37H71O8P/c1-3-5-7-9-11-13-15-16-17-18-19-20-22-24-26-28-30-32-37(39)45-35(34-44-46(40,41)42)33-43-36(38)31-29-27-25-23-21-14-12-10-8-6-4-2/h13,15,35H,3-12,14,16-34H2,1-2H3,(H2,40,41,42)/b15-13+/t35-/m1/s1. The van der Waals surface area contributed by atoms with Gasteiger partial charge in [0.05, 0.1) is 6.61 Å². The number of phosphoric ester groups is 1. The van der Waals surface area contributed by atoms with Gasteiger partial charge in [-0.15, -0.1) is 0 Å². The monoisotopic (exact) mass is 674 g/mol. The quantitative estimate of drug-likeness (QED) is 0.0295. The molecule has 0 saturated heterocycles. The molecule has 0 aromatic carbocycles. The van der Waals surface area contributed by atoms with E-state index in [-0.39, 0.29) is 19.4 Å². The molecule has 0 aliphatic rings. The zero-order valence-electron chi connectivity index (χ0n) is 29.7. The largest absolute Gasteiger partial charge is 0.469 e. The minimum absolute atomic E-state index is 0.214. The first-order chi connectivity index (χ1) is 22.3. The fourth-order valence-corrected chi connectivity index (χ4v) is 5.79. The second-order valence-electron chi connectivity index (χ2n) is 12.9. The highest BCUT2D eigenvalue weighted by Crippen LogP contribution is 2.36. The maximum Gasteiger partial charge on any atom is 0.469 e. The normalized spacial score (nSPS) is 12.5. The third kappa shape index (κ3) is 35.6. The summed E-state index contributed by atoms with van der Waals surface area (Å²) >= 11 is 0. The van der Waals surface area contributed by atoms with Crippen molar-refractivity contribution in [1.82, 2.24) is 0 Å². The fourth-order valence-electron chi connectivity index (χ4n) is 5.43. The van der Waals surface area contributed by atoms with Crippen LogP contribution in [0.1, 0.15) is 194 Å². The Hall–Kier alpha value is -1.21. The zero-order valence-corrected chi connectivity index (χ0v) is 30.6. The van der Waals surface area contributed by atoms with Crippen LogP contribution in [-0.2, 0) is 28.2 Å². The lowest BCUT2D eigenvalue weighted by Crippen LogP contribution is -2.29. The first-order valence-electron chi connectivity index (χ1n) is 19.0. The molecule has 0 unspecified atom stereocenters. The van der Waals surface area contributed by atoms with Crippen LogP contribution in [0, 0.1) is 0 Å². The lowest BCUT2D eigenvalue weighted by molar-refractivity contribution is -0.161. The van der Waals surface area contributed by atoms with E-state index in [1.807, 2.05) is 0 Å². The maximum absolute atomic E-state index is 12.4. The van der Waals surface area contributed by atoms with Gasteiger partial charge in [0.25, 0.3) is 0 Å².